The van der Waals surface area contributed by atoms with Crippen molar-refractivity contribution in [2.75, 3.05) is 29.9 Å². The molecule has 0 radical (unpaired) electrons. The number of aryl methyl sites for hydroxylation is 1. The largest absolute Gasteiger partial charge is 0.341 e. The molecule has 1 aliphatic carbocycles. The number of carbonyl (C=O) groups excluding carboxylic acids is 1. The van der Waals surface area contributed by atoms with Gasteiger partial charge in [0.1, 0.15) is 11.9 Å². The van der Waals surface area contributed by atoms with Crippen LogP contribution in [0.3, 0.4) is 0 Å². The minimum absolute atomic E-state index is 0.131. The Hall–Kier alpha value is -2.64. The van der Waals surface area contributed by atoms with Gasteiger partial charge in [0.25, 0.3) is 0 Å². The summed E-state index contributed by atoms with van der Waals surface area (Å²) in [6.45, 7) is 6.89. The quantitative estimate of drug-likeness (QED) is 0.788. The number of amides is 1. The Bertz CT molecular complexity index is 932. The first-order chi connectivity index (χ1) is 14.6. The smallest absolute Gasteiger partial charge is 0.245 e. The third-order valence-electron chi connectivity index (χ3n) is 6.60. The third kappa shape index (κ3) is 3.52. The molecule has 0 unspecified atom stereocenters. The molecule has 2 aliphatic heterocycles. The normalized spacial score (nSPS) is 21.0. The van der Waals surface area contributed by atoms with E-state index in [0.717, 1.165) is 87.6 Å². The second-order valence-corrected chi connectivity index (χ2v) is 9.02. The van der Waals surface area contributed by atoms with E-state index in [4.69, 9.17) is 9.97 Å². The van der Waals surface area contributed by atoms with Gasteiger partial charge in [0, 0.05) is 37.0 Å². The van der Waals surface area contributed by atoms with Crippen molar-refractivity contribution in [3.63, 3.8) is 0 Å². The molecule has 2 aromatic heterocycles. The van der Waals surface area contributed by atoms with Crippen molar-refractivity contribution in [3.8, 4) is 0 Å². The highest BCUT2D eigenvalue weighted by Gasteiger charge is 2.37. The van der Waals surface area contributed by atoms with Crippen LogP contribution in [-0.4, -0.2) is 56.6 Å². The third-order valence-corrected chi connectivity index (χ3v) is 6.60. The van der Waals surface area contributed by atoms with Crippen molar-refractivity contribution < 1.29 is 4.79 Å². The number of nitrogens with zero attached hydrogens (tertiary/aromatic N) is 5. The van der Waals surface area contributed by atoms with Crippen LogP contribution in [0.2, 0.25) is 0 Å². The first kappa shape index (κ1) is 19.3. The van der Waals surface area contributed by atoms with E-state index < -0.39 is 0 Å². The van der Waals surface area contributed by atoms with Crippen LogP contribution in [0.1, 0.15) is 68.8 Å². The van der Waals surface area contributed by atoms with E-state index in [9.17, 15) is 4.79 Å². The first-order valence-corrected chi connectivity index (χ1v) is 11.4. The molecule has 30 heavy (non-hydrogen) atoms. The summed E-state index contributed by atoms with van der Waals surface area (Å²) in [5.41, 5.74) is 3.40. The number of hydrogen-bond acceptors (Lipinski definition) is 6. The van der Waals surface area contributed by atoms with Gasteiger partial charge in [0.2, 0.25) is 11.9 Å². The molecule has 0 bridgehead atoms. The minimum atomic E-state index is -0.131. The molecule has 5 rings (SSSR count). The van der Waals surface area contributed by atoms with Crippen molar-refractivity contribution in [1.82, 2.24) is 25.1 Å². The van der Waals surface area contributed by atoms with Gasteiger partial charge in [-0.05, 0) is 50.9 Å². The number of aromatic amines is 1. The van der Waals surface area contributed by atoms with E-state index in [0.29, 0.717) is 11.9 Å². The number of aromatic nitrogens is 4. The maximum atomic E-state index is 13.1. The first-order valence-electron chi connectivity index (χ1n) is 11.4. The number of carbonyl (C=O) groups is 1. The van der Waals surface area contributed by atoms with Gasteiger partial charge in [0.15, 0.2) is 5.82 Å². The second-order valence-electron chi connectivity index (χ2n) is 9.02. The van der Waals surface area contributed by atoms with Crippen LogP contribution in [-0.2, 0) is 17.6 Å². The molecule has 0 spiro atoms. The van der Waals surface area contributed by atoms with Crippen molar-refractivity contribution in [2.45, 2.75) is 70.8 Å². The molecule has 2 N–H and O–H groups in total. The molecule has 1 atom stereocenters. The maximum Gasteiger partial charge on any atom is 0.245 e. The number of anilines is 3. The van der Waals surface area contributed by atoms with Crippen LogP contribution in [0, 0.1) is 0 Å². The number of fused-ring (bicyclic) bond motifs is 1. The topological polar surface area (TPSA) is 90.0 Å². The standard InChI is InChI=1S/C22H31N7O/c1-14(2)17-13-19(27-26-17)24-20-15-7-5-8-16(15)23-22(25-20)29-12-6-9-18(29)21(30)28-10-3-4-11-28/h13-14,18H,3-12H2,1-2H3,(H2,23,24,25,26,27)/t18-/m0/s1. The molecular weight excluding hydrogens is 378 g/mol. The zero-order valence-electron chi connectivity index (χ0n) is 17.9. The zero-order chi connectivity index (χ0) is 20.7. The Kier molecular flexibility index (Phi) is 5.08. The van der Waals surface area contributed by atoms with E-state index >= 15 is 0 Å². The highest BCUT2D eigenvalue weighted by Crippen LogP contribution is 2.33. The van der Waals surface area contributed by atoms with Crippen LogP contribution >= 0.6 is 0 Å². The van der Waals surface area contributed by atoms with E-state index in [1.165, 1.54) is 5.56 Å². The van der Waals surface area contributed by atoms with Crippen molar-refractivity contribution >= 4 is 23.5 Å². The molecule has 1 amide bonds. The summed E-state index contributed by atoms with van der Waals surface area (Å²) in [4.78, 5) is 27.1. The Balaban J connectivity index is 1.43. The van der Waals surface area contributed by atoms with Crippen molar-refractivity contribution in [1.29, 1.82) is 0 Å². The summed E-state index contributed by atoms with van der Waals surface area (Å²) in [7, 11) is 0. The van der Waals surface area contributed by atoms with Crippen LogP contribution in [0.25, 0.3) is 0 Å². The van der Waals surface area contributed by atoms with Crippen LogP contribution in [0.4, 0.5) is 17.6 Å². The zero-order valence-corrected chi connectivity index (χ0v) is 17.9. The fourth-order valence-corrected chi connectivity index (χ4v) is 4.88. The fourth-order valence-electron chi connectivity index (χ4n) is 4.88. The fraction of sp³-hybridized carbons (Fsp3) is 0.636. The second kappa shape index (κ2) is 7.89. The summed E-state index contributed by atoms with van der Waals surface area (Å²) in [5.74, 6) is 2.95. The average Bonchev–Trinajstić information content (AvgIpc) is 3.54. The summed E-state index contributed by atoms with van der Waals surface area (Å²) < 4.78 is 0. The Labute approximate surface area is 177 Å². The number of H-pyrrole nitrogens is 1. The molecule has 0 aromatic carbocycles. The van der Waals surface area contributed by atoms with E-state index in [1.807, 2.05) is 11.0 Å². The SMILES string of the molecule is CC(C)c1cc(Nc2nc(N3CCC[C@H]3C(=O)N3CCCC3)nc3c2CCC3)n[nH]1. The molecule has 8 nitrogen and oxygen atoms in total. The highest BCUT2D eigenvalue weighted by molar-refractivity contribution is 5.85. The summed E-state index contributed by atoms with van der Waals surface area (Å²) >= 11 is 0. The molecule has 8 heteroatoms. The van der Waals surface area contributed by atoms with Gasteiger partial charge in [-0.1, -0.05) is 13.8 Å². The molecule has 2 fully saturated rings. The molecule has 2 saturated heterocycles. The maximum absolute atomic E-state index is 13.1. The Morgan fingerprint density at radius 2 is 1.97 bits per heavy atom. The average molecular weight is 410 g/mol. The lowest BCUT2D eigenvalue weighted by molar-refractivity contribution is -0.131. The van der Waals surface area contributed by atoms with Gasteiger partial charge in [-0.25, -0.2) is 4.98 Å². The van der Waals surface area contributed by atoms with Crippen LogP contribution in [0.5, 0.6) is 0 Å². The molecule has 0 saturated carbocycles. The Morgan fingerprint density at radius 1 is 1.13 bits per heavy atom. The predicted octanol–water partition coefficient (Wildman–Crippen LogP) is 3.15. The minimum Gasteiger partial charge on any atom is -0.341 e. The van der Waals surface area contributed by atoms with Gasteiger partial charge in [-0.3, -0.25) is 9.89 Å². The molecule has 3 aliphatic rings. The van der Waals surface area contributed by atoms with Crippen LogP contribution < -0.4 is 10.2 Å². The van der Waals surface area contributed by atoms with Gasteiger partial charge >= 0.3 is 0 Å². The molecule has 4 heterocycles. The van der Waals surface area contributed by atoms with Gasteiger partial charge in [-0.15, -0.1) is 0 Å². The van der Waals surface area contributed by atoms with Gasteiger partial charge < -0.3 is 15.1 Å². The summed E-state index contributed by atoms with van der Waals surface area (Å²) in [6, 6.07) is 1.91. The molecule has 2 aromatic rings. The lowest BCUT2D eigenvalue weighted by atomic mass is 10.1. The van der Waals surface area contributed by atoms with Crippen molar-refractivity contribution in [3.05, 3.63) is 23.0 Å². The summed E-state index contributed by atoms with van der Waals surface area (Å²) in [5, 5.41) is 10.9. The highest BCUT2D eigenvalue weighted by atomic mass is 16.2. The lowest BCUT2D eigenvalue weighted by Crippen LogP contribution is -2.45. The van der Waals surface area contributed by atoms with E-state index in [1.54, 1.807) is 0 Å². The Morgan fingerprint density at radius 3 is 2.73 bits per heavy atom. The molecule has 160 valence electrons. The number of likely N-dealkylation sites (tertiary alicyclic amines) is 1. The van der Waals surface area contributed by atoms with Gasteiger partial charge in [-0.2, -0.15) is 10.1 Å². The van der Waals surface area contributed by atoms with Gasteiger partial charge in [0.05, 0.1) is 5.69 Å². The number of hydrogen-bond donors (Lipinski definition) is 2. The lowest BCUT2D eigenvalue weighted by Gasteiger charge is -2.28. The molecular formula is C22H31N7O. The summed E-state index contributed by atoms with van der Waals surface area (Å²) in [6.07, 6.45) is 7.16. The number of rotatable bonds is 5. The number of nitrogens with one attached hydrogen (secondary N) is 2. The van der Waals surface area contributed by atoms with Crippen molar-refractivity contribution in [2.24, 2.45) is 0 Å². The predicted molar refractivity (Wildman–Crippen MR) is 116 cm³/mol. The van der Waals surface area contributed by atoms with Crippen LogP contribution in [0.15, 0.2) is 6.07 Å². The van der Waals surface area contributed by atoms with E-state index in [-0.39, 0.29) is 11.9 Å². The van der Waals surface area contributed by atoms with E-state index in [2.05, 4.69) is 34.3 Å². The monoisotopic (exact) mass is 409 g/mol.